The van der Waals surface area contributed by atoms with E-state index in [1.165, 1.54) is 0 Å². The predicted molar refractivity (Wildman–Crippen MR) is 86.6 cm³/mol. The number of aryl methyl sites for hydroxylation is 2. The minimum atomic E-state index is 0.251. The largest absolute Gasteiger partial charge is 0.459 e. The molecule has 0 spiro atoms. The smallest absolute Gasteiger partial charge is 0.135 e. The highest BCUT2D eigenvalue weighted by Crippen LogP contribution is 2.34. The van der Waals surface area contributed by atoms with E-state index in [1.807, 2.05) is 13.0 Å². The molecule has 1 atom stereocenters. The highest BCUT2D eigenvalue weighted by atomic mass is 35.5. The van der Waals surface area contributed by atoms with E-state index in [4.69, 9.17) is 16.0 Å². The van der Waals surface area contributed by atoms with Crippen LogP contribution in [0.15, 0.2) is 16.5 Å². The monoisotopic (exact) mass is 293 g/mol. The normalized spacial score (nSPS) is 13.3. The van der Waals surface area contributed by atoms with Crippen molar-refractivity contribution in [3.05, 3.63) is 34.0 Å². The molecule has 1 aromatic carbocycles. The topological polar surface area (TPSA) is 25.2 Å². The maximum atomic E-state index is 6.33. The Morgan fingerprint density at radius 2 is 1.95 bits per heavy atom. The van der Waals surface area contributed by atoms with Gasteiger partial charge in [-0.15, -0.1) is 0 Å². The predicted octanol–water partition coefficient (Wildman–Crippen LogP) is 5.40. The highest BCUT2D eigenvalue weighted by molar-refractivity contribution is 6.33. The summed E-state index contributed by atoms with van der Waals surface area (Å²) in [5.74, 6) is 1.49. The Labute approximate surface area is 126 Å². The third kappa shape index (κ3) is 2.87. The van der Waals surface area contributed by atoms with Crippen LogP contribution in [-0.2, 0) is 0 Å². The number of halogens is 1. The third-order valence-corrected chi connectivity index (χ3v) is 4.38. The van der Waals surface area contributed by atoms with Gasteiger partial charge in [-0.3, -0.25) is 0 Å². The van der Waals surface area contributed by atoms with Gasteiger partial charge in [-0.05, 0) is 56.0 Å². The van der Waals surface area contributed by atoms with Crippen molar-refractivity contribution in [2.75, 3.05) is 6.54 Å². The maximum absolute atomic E-state index is 6.33. The molecule has 2 aromatic rings. The molecular formula is C17H24ClNO. The fraction of sp³-hybridized carbons (Fsp3) is 0.529. The van der Waals surface area contributed by atoms with Crippen molar-refractivity contribution in [3.8, 4) is 0 Å². The van der Waals surface area contributed by atoms with Gasteiger partial charge in [0.15, 0.2) is 0 Å². The Kier molecular flexibility index (Phi) is 4.77. The number of benzene rings is 1. The van der Waals surface area contributed by atoms with Crippen molar-refractivity contribution in [1.82, 2.24) is 5.32 Å². The molecule has 0 aliphatic carbocycles. The van der Waals surface area contributed by atoms with Gasteiger partial charge in [-0.1, -0.05) is 32.4 Å². The molecule has 0 amide bonds. The molecule has 0 aliphatic heterocycles. The molecule has 20 heavy (non-hydrogen) atoms. The van der Waals surface area contributed by atoms with Crippen LogP contribution in [0.3, 0.4) is 0 Å². The van der Waals surface area contributed by atoms with Crippen molar-refractivity contribution in [1.29, 1.82) is 0 Å². The Morgan fingerprint density at radius 3 is 2.55 bits per heavy atom. The number of furan rings is 1. The summed E-state index contributed by atoms with van der Waals surface area (Å²) >= 11 is 6.33. The molecule has 1 heterocycles. The Balaban J connectivity index is 2.46. The summed E-state index contributed by atoms with van der Waals surface area (Å²) in [7, 11) is 0. The molecule has 1 N–H and O–H groups in total. The minimum Gasteiger partial charge on any atom is -0.459 e. The SMILES string of the molecule is CCCNC(c1cc2c(C)c(Cl)c(C)cc2o1)C(C)C. The summed E-state index contributed by atoms with van der Waals surface area (Å²) in [5, 5.41) is 5.53. The van der Waals surface area contributed by atoms with E-state index in [9.17, 15) is 0 Å². The number of hydrogen-bond acceptors (Lipinski definition) is 2. The van der Waals surface area contributed by atoms with E-state index in [1.54, 1.807) is 0 Å². The van der Waals surface area contributed by atoms with Gasteiger partial charge >= 0.3 is 0 Å². The number of fused-ring (bicyclic) bond motifs is 1. The molecule has 0 fully saturated rings. The number of rotatable bonds is 5. The zero-order chi connectivity index (χ0) is 14.9. The lowest BCUT2D eigenvalue weighted by molar-refractivity contribution is 0.351. The second kappa shape index (κ2) is 6.19. The van der Waals surface area contributed by atoms with E-state index in [-0.39, 0.29) is 6.04 Å². The lowest BCUT2D eigenvalue weighted by atomic mass is 10.0. The van der Waals surface area contributed by atoms with Gasteiger partial charge in [-0.2, -0.15) is 0 Å². The van der Waals surface area contributed by atoms with Crippen LogP contribution < -0.4 is 5.32 Å². The second-order valence-electron chi connectivity index (χ2n) is 5.87. The molecule has 0 aliphatic rings. The van der Waals surface area contributed by atoms with Crippen LogP contribution in [0.25, 0.3) is 11.0 Å². The Bertz CT molecular complexity index is 601. The van der Waals surface area contributed by atoms with Gasteiger partial charge in [0.05, 0.1) is 6.04 Å². The molecule has 2 rings (SSSR count). The standard InChI is InChI=1S/C17H24ClNO/c1-6-7-19-17(10(2)3)15-9-13-12(5)16(18)11(4)8-14(13)20-15/h8-10,17,19H,6-7H2,1-5H3. The first kappa shape index (κ1) is 15.4. The van der Waals surface area contributed by atoms with Gasteiger partial charge in [0.1, 0.15) is 11.3 Å². The molecule has 110 valence electrons. The summed E-state index contributed by atoms with van der Waals surface area (Å²) < 4.78 is 6.08. The van der Waals surface area contributed by atoms with E-state index >= 15 is 0 Å². The summed E-state index contributed by atoms with van der Waals surface area (Å²) in [6.07, 6.45) is 1.12. The van der Waals surface area contributed by atoms with Crippen molar-refractivity contribution < 1.29 is 4.42 Å². The van der Waals surface area contributed by atoms with Gasteiger partial charge in [0.2, 0.25) is 0 Å². The van der Waals surface area contributed by atoms with Gasteiger partial charge in [0.25, 0.3) is 0 Å². The zero-order valence-corrected chi connectivity index (χ0v) is 13.8. The first-order valence-corrected chi connectivity index (χ1v) is 7.76. The van der Waals surface area contributed by atoms with Crippen LogP contribution in [0, 0.1) is 19.8 Å². The van der Waals surface area contributed by atoms with Crippen LogP contribution in [0.1, 0.15) is 50.1 Å². The van der Waals surface area contributed by atoms with E-state index in [0.717, 1.165) is 45.8 Å². The lowest BCUT2D eigenvalue weighted by Crippen LogP contribution is -2.25. The molecule has 0 saturated carbocycles. The van der Waals surface area contributed by atoms with Crippen molar-refractivity contribution >= 4 is 22.6 Å². The van der Waals surface area contributed by atoms with Crippen LogP contribution in [0.2, 0.25) is 5.02 Å². The average Bonchev–Trinajstić information content (AvgIpc) is 2.80. The molecule has 0 bridgehead atoms. The van der Waals surface area contributed by atoms with E-state index < -0.39 is 0 Å². The lowest BCUT2D eigenvalue weighted by Gasteiger charge is -2.19. The van der Waals surface area contributed by atoms with Crippen molar-refractivity contribution in [3.63, 3.8) is 0 Å². The van der Waals surface area contributed by atoms with Crippen LogP contribution in [-0.4, -0.2) is 6.54 Å². The van der Waals surface area contributed by atoms with Gasteiger partial charge in [0, 0.05) is 10.4 Å². The highest BCUT2D eigenvalue weighted by Gasteiger charge is 2.20. The zero-order valence-electron chi connectivity index (χ0n) is 13.0. The minimum absolute atomic E-state index is 0.251. The summed E-state index contributed by atoms with van der Waals surface area (Å²) in [5.41, 5.74) is 3.11. The molecule has 3 heteroatoms. The number of hydrogen-bond donors (Lipinski definition) is 1. The molecule has 2 nitrogen and oxygen atoms in total. The average molecular weight is 294 g/mol. The van der Waals surface area contributed by atoms with Gasteiger partial charge < -0.3 is 9.73 Å². The molecule has 1 aromatic heterocycles. The molecule has 0 saturated heterocycles. The van der Waals surface area contributed by atoms with E-state index in [2.05, 4.69) is 39.1 Å². The quantitative estimate of drug-likeness (QED) is 0.798. The van der Waals surface area contributed by atoms with E-state index in [0.29, 0.717) is 5.92 Å². The van der Waals surface area contributed by atoms with Crippen molar-refractivity contribution in [2.45, 2.75) is 47.1 Å². The fourth-order valence-corrected chi connectivity index (χ4v) is 2.77. The molecular weight excluding hydrogens is 270 g/mol. The van der Waals surface area contributed by atoms with Crippen LogP contribution in [0.4, 0.5) is 0 Å². The number of nitrogens with one attached hydrogen (secondary N) is 1. The molecule has 1 unspecified atom stereocenters. The Hall–Kier alpha value is -0.990. The third-order valence-electron chi connectivity index (χ3n) is 3.79. The summed E-state index contributed by atoms with van der Waals surface area (Å²) in [6.45, 7) is 11.7. The first-order valence-electron chi connectivity index (χ1n) is 7.38. The Morgan fingerprint density at radius 1 is 1.25 bits per heavy atom. The summed E-state index contributed by atoms with van der Waals surface area (Å²) in [4.78, 5) is 0. The van der Waals surface area contributed by atoms with Crippen molar-refractivity contribution in [2.24, 2.45) is 5.92 Å². The summed E-state index contributed by atoms with van der Waals surface area (Å²) in [6, 6.07) is 4.43. The second-order valence-corrected chi connectivity index (χ2v) is 6.25. The fourth-order valence-electron chi connectivity index (χ4n) is 2.62. The maximum Gasteiger partial charge on any atom is 0.135 e. The van der Waals surface area contributed by atoms with Crippen LogP contribution >= 0.6 is 11.6 Å². The van der Waals surface area contributed by atoms with Crippen LogP contribution in [0.5, 0.6) is 0 Å². The van der Waals surface area contributed by atoms with Gasteiger partial charge in [-0.25, -0.2) is 0 Å². The molecule has 0 radical (unpaired) electrons. The first-order chi connectivity index (χ1) is 9.45.